The van der Waals surface area contributed by atoms with Crippen LogP contribution in [0.5, 0.6) is 0 Å². The third-order valence-electron chi connectivity index (χ3n) is 12.6. The number of benzene rings is 9. The largest absolute Gasteiger partial charge is 0.309 e. The number of nitrogens with zero attached hydrogens (tertiary/aromatic N) is 2. The van der Waals surface area contributed by atoms with Gasteiger partial charge in [-0.3, -0.25) is 0 Å². The molecule has 2 aliphatic carbocycles. The van der Waals surface area contributed by atoms with Crippen LogP contribution in [-0.4, -0.2) is 4.57 Å². The van der Waals surface area contributed by atoms with Gasteiger partial charge in [-0.15, -0.1) is 0 Å². The highest BCUT2D eigenvalue weighted by molar-refractivity contribution is 6.17. The van der Waals surface area contributed by atoms with Gasteiger partial charge < -0.3 is 9.47 Å². The van der Waals surface area contributed by atoms with E-state index < -0.39 is 0 Å². The van der Waals surface area contributed by atoms with Crippen molar-refractivity contribution in [3.63, 3.8) is 0 Å². The number of hydrogen-bond acceptors (Lipinski definition) is 1. The second-order valence-electron chi connectivity index (χ2n) is 16.0. The third-order valence-corrected chi connectivity index (χ3v) is 12.6. The van der Waals surface area contributed by atoms with Gasteiger partial charge in [-0.05, 0) is 92.6 Å². The molecule has 0 spiro atoms. The zero-order valence-corrected chi connectivity index (χ0v) is 33.5. The second kappa shape index (κ2) is 14.4. The van der Waals surface area contributed by atoms with Crippen molar-refractivity contribution in [2.75, 3.05) is 4.90 Å². The molecule has 61 heavy (non-hydrogen) atoms. The molecule has 0 saturated heterocycles. The van der Waals surface area contributed by atoms with E-state index in [1.54, 1.807) is 0 Å². The summed E-state index contributed by atoms with van der Waals surface area (Å²) in [7, 11) is 0. The Morgan fingerprint density at radius 3 is 1.67 bits per heavy atom. The van der Waals surface area contributed by atoms with E-state index in [1.807, 2.05) is 0 Å². The molecule has 0 saturated carbocycles. The lowest BCUT2D eigenvalue weighted by Crippen LogP contribution is -2.13. The minimum Gasteiger partial charge on any atom is -0.309 e. The average Bonchev–Trinajstić information content (AvgIpc) is 3.99. The summed E-state index contributed by atoms with van der Waals surface area (Å²) < 4.78 is 2.41. The van der Waals surface area contributed by atoms with Crippen LogP contribution in [0, 0.1) is 0 Å². The van der Waals surface area contributed by atoms with E-state index in [1.165, 1.54) is 77.5 Å². The first-order valence-electron chi connectivity index (χ1n) is 21.1. The number of hydrogen-bond donors (Lipinski definition) is 0. The molecular formula is C59H40N2. The van der Waals surface area contributed by atoms with Crippen molar-refractivity contribution in [2.24, 2.45) is 0 Å². The molecule has 0 unspecified atom stereocenters. The molecule has 1 atom stereocenters. The zero-order valence-electron chi connectivity index (χ0n) is 33.5. The minimum atomic E-state index is 0.266. The number of anilines is 3. The van der Waals surface area contributed by atoms with Gasteiger partial charge in [0.05, 0.1) is 28.1 Å². The smallest absolute Gasteiger partial charge is 0.0562 e. The van der Waals surface area contributed by atoms with Gasteiger partial charge in [0.2, 0.25) is 0 Å². The molecule has 2 heteroatoms. The van der Waals surface area contributed by atoms with Crippen LogP contribution < -0.4 is 4.90 Å². The van der Waals surface area contributed by atoms with Crippen LogP contribution in [0.25, 0.3) is 72.5 Å². The maximum Gasteiger partial charge on any atom is 0.0562 e. The molecule has 1 heterocycles. The van der Waals surface area contributed by atoms with Gasteiger partial charge in [0.25, 0.3) is 0 Å². The lowest BCUT2D eigenvalue weighted by atomic mass is 9.86. The molecule has 0 bridgehead atoms. The Morgan fingerprint density at radius 1 is 0.361 bits per heavy atom. The normalized spacial score (nSPS) is 13.9. The van der Waals surface area contributed by atoms with Crippen LogP contribution in [0.3, 0.4) is 0 Å². The molecule has 0 amide bonds. The van der Waals surface area contributed by atoms with Crippen LogP contribution in [0.15, 0.2) is 236 Å². The maximum atomic E-state index is 2.54. The molecule has 12 rings (SSSR count). The molecule has 0 radical (unpaired) electrons. The van der Waals surface area contributed by atoms with Crippen LogP contribution in [-0.2, 0) is 0 Å². The number of para-hydroxylation sites is 4. The van der Waals surface area contributed by atoms with Gasteiger partial charge in [0.15, 0.2) is 0 Å². The molecule has 0 fully saturated rings. The van der Waals surface area contributed by atoms with Crippen molar-refractivity contribution in [3.8, 4) is 39.1 Å². The minimum absolute atomic E-state index is 0.266. The maximum absolute atomic E-state index is 2.54. The Morgan fingerprint density at radius 2 is 0.902 bits per heavy atom. The Hall–Kier alpha value is -7.94. The summed E-state index contributed by atoms with van der Waals surface area (Å²) in [6, 6.07) is 81.8. The molecule has 0 N–H and O–H groups in total. The summed E-state index contributed by atoms with van der Waals surface area (Å²) in [4.78, 5) is 2.54. The molecule has 9 aromatic carbocycles. The number of fused-ring (bicyclic) bond motifs is 6. The van der Waals surface area contributed by atoms with Gasteiger partial charge in [-0.25, -0.2) is 0 Å². The van der Waals surface area contributed by atoms with Crippen molar-refractivity contribution in [2.45, 2.75) is 5.92 Å². The van der Waals surface area contributed by atoms with E-state index in [-0.39, 0.29) is 5.92 Å². The van der Waals surface area contributed by atoms with Crippen LogP contribution in [0.2, 0.25) is 0 Å². The highest BCUT2D eigenvalue weighted by atomic mass is 15.2. The average molecular weight is 777 g/mol. The fourth-order valence-corrected chi connectivity index (χ4v) is 9.85. The van der Waals surface area contributed by atoms with Gasteiger partial charge in [-0.2, -0.15) is 0 Å². The van der Waals surface area contributed by atoms with Crippen LogP contribution in [0.4, 0.5) is 17.1 Å². The molecule has 10 aromatic rings. The molecule has 1 aromatic heterocycles. The van der Waals surface area contributed by atoms with Gasteiger partial charge in [0, 0.05) is 33.5 Å². The highest BCUT2D eigenvalue weighted by Crippen LogP contribution is 2.60. The Labute approximate surface area is 356 Å². The first-order chi connectivity index (χ1) is 30.3. The van der Waals surface area contributed by atoms with E-state index >= 15 is 0 Å². The summed E-state index contributed by atoms with van der Waals surface area (Å²) in [5, 5.41) is 2.42. The van der Waals surface area contributed by atoms with E-state index in [4.69, 9.17) is 0 Å². The van der Waals surface area contributed by atoms with Gasteiger partial charge in [0.1, 0.15) is 0 Å². The van der Waals surface area contributed by atoms with Crippen LogP contribution in [0.1, 0.15) is 22.6 Å². The fourth-order valence-electron chi connectivity index (χ4n) is 9.85. The van der Waals surface area contributed by atoms with E-state index in [2.05, 4.69) is 246 Å². The molecular weight excluding hydrogens is 737 g/mol. The standard InChI is InChI=1S/C59H40N2/c1-4-18-40(19-5-1)41-34-36-42(37-35-41)46-25-10-13-29-51(46)61(55-33-17-32-54-58(55)49-27-12-15-31-53(49)60(54)45-23-8-3-9-24-45)52-30-14-11-26-47(52)48-28-16-22-44-38-39-50-57(59(50)56(44)48)43-20-6-2-7-21-43/h1-39,59H/t59-/m0/s1. The van der Waals surface area contributed by atoms with Crippen molar-refractivity contribution in [1.29, 1.82) is 0 Å². The second-order valence-corrected chi connectivity index (χ2v) is 16.0. The number of rotatable bonds is 8. The molecule has 286 valence electrons. The Bertz CT molecular complexity index is 3340. The lowest BCUT2D eigenvalue weighted by molar-refractivity contribution is 1.18. The van der Waals surface area contributed by atoms with Gasteiger partial charge in [-0.1, -0.05) is 194 Å². The number of allylic oxidation sites excluding steroid dienone is 3. The predicted molar refractivity (Wildman–Crippen MR) is 257 cm³/mol. The quantitative estimate of drug-likeness (QED) is 0.149. The highest BCUT2D eigenvalue weighted by Gasteiger charge is 2.41. The first kappa shape index (κ1) is 35.0. The summed E-state index contributed by atoms with van der Waals surface area (Å²) >= 11 is 0. The zero-order chi connectivity index (χ0) is 40.3. The fraction of sp³-hybridized carbons (Fsp3) is 0.0169. The van der Waals surface area contributed by atoms with Crippen molar-refractivity contribution in [1.82, 2.24) is 4.57 Å². The van der Waals surface area contributed by atoms with Crippen molar-refractivity contribution >= 4 is 50.5 Å². The lowest BCUT2D eigenvalue weighted by Gasteiger charge is -2.31. The monoisotopic (exact) mass is 776 g/mol. The summed E-state index contributed by atoms with van der Waals surface area (Å²) in [5.41, 5.74) is 20.9. The summed E-state index contributed by atoms with van der Waals surface area (Å²) in [6.45, 7) is 0. The van der Waals surface area contributed by atoms with Crippen molar-refractivity contribution < 1.29 is 0 Å². The van der Waals surface area contributed by atoms with E-state index in [0.717, 1.165) is 28.3 Å². The summed E-state index contributed by atoms with van der Waals surface area (Å²) in [6.07, 6.45) is 4.65. The van der Waals surface area contributed by atoms with E-state index in [0.29, 0.717) is 0 Å². The topological polar surface area (TPSA) is 8.17 Å². The third kappa shape index (κ3) is 5.79. The Kier molecular flexibility index (Phi) is 8.28. The number of aromatic nitrogens is 1. The van der Waals surface area contributed by atoms with Crippen LogP contribution >= 0.6 is 0 Å². The van der Waals surface area contributed by atoms with Gasteiger partial charge >= 0.3 is 0 Å². The Balaban J connectivity index is 1.11. The first-order valence-corrected chi connectivity index (χ1v) is 21.1. The van der Waals surface area contributed by atoms with Crippen molar-refractivity contribution in [3.05, 3.63) is 253 Å². The molecule has 2 nitrogen and oxygen atoms in total. The summed E-state index contributed by atoms with van der Waals surface area (Å²) in [5.74, 6) is 0.266. The van der Waals surface area contributed by atoms with E-state index in [9.17, 15) is 0 Å². The molecule has 2 aliphatic rings. The predicted octanol–water partition coefficient (Wildman–Crippen LogP) is 15.8. The SMILES string of the molecule is C1=Cc2cccc(-c3ccccc3N(c3ccccc3-c3ccc(-c4ccccc4)cc3)c3cccc4c3c3ccccc3n4-c3ccccc3)c2[C@@H]2C1=C2c1ccccc1. The molecule has 0 aliphatic heterocycles.